The summed E-state index contributed by atoms with van der Waals surface area (Å²) in [6.07, 6.45) is 18.1. The SMILES string of the molecule is C1=CCCC(c2c(-c3ccccc3)n(C3=CCCC=C3)c3ccc(-c4ccc(N(c5ccccc5)c5ccc6c(c5)c5ccccc5n6-c5ccccc5)cc4)cc23)=C1. The van der Waals surface area contributed by atoms with Crippen molar-refractivity contribution in [1.82, 2.24) is 9.13 Å². The van der Waals surface area contributed by atoms with Crippen LogP contribution in [0.25, 0.3) is 72.1 Å². The van der Waals surface area contributed by atoms with Gasteiger partial charge in [-0.1, -0.05) is 134 Å². The number of para-hydroxylation sites is 3. The molecule has 282 valence electrons. The molecule has 0 N–H and O–H groups in total. The van der Waals surface area contributed by atoms with Gasteiger partial charge < -0.3 is 14.0 Å². The van der Waals surface area contributed by atoms with Crippen LogP contribution >= 0.6 is 0 Å². The molecule has 0 amide bonds. The van der Waals surface area contributed by atoms with Crippen LogP contribution in [0.1, 0.15) is 31.2 Å². The summed E-state index contributed by atoms with van der Waals surface area (Å²) >= 11 is 0. The highest BCUT2D eigenvalue weighted by Gasteiger charge is 2.24. The third kappa shape index (κ3) is 6.14. The van der Waals surface area contributed by atoms with Gasteiger partial charge in [0.2, 0.25) is 0 Å². The predicted octanol–water partition coefficient (Wildman–Crippen LogP) is 15.5. The molecule has 0 unspecified atom stereocenters. The highest BCUT2D eigenvalue weighted by atomic mass is 15.1. The zero-order chi connectivity index (χ0) is 39.1. The number of hydrogen-bond donors (Lipinski definition) is 0. The standard InChI is InChI=1S/C56H43N3/c1-6-18-41(19-7-1)55-51-38-43(32-36-54(51)59(46-26-14-5-15-27-46)56(55)42-20-8-2-9-21-42)40-30-33-47(34-31-40)57(44-22-10-3-11-23-44)48-35-37-53-50(39-48)49-28-16-17-29-52(49)58(53)45-24-12-4-13-25-45/h1-4,6,8-14,16-18,20-39H,5,7,15,19H2. The number of benzene rings is 7. The lowest BCUT2D eigenvalue weighted by Gasteiger charge is -2.26. The Hall–Kier alpha value is -7.36. The smallest absolute Gasteiger partial charge is 0.0616 e. The van der Waals surface area contributed by atoms with E-state index in [4.69, 9.17) is 0 Å². The second kappa shape index (κ2) is 14.9. The summed E-state index contributed by atoms with van der Waals surface area (Å²) in [5.41, 5.74) is 17.1. The van der Waals surface area contributed by atoms with Crippen LogP contribution in [0.3, 0.4) is 0 Å². The molecule has 9 aromatic rings. The molecule has 0 bridgehead atoms. The van der Waals surface area contributed by atoms with Crippen LogP contribution in [0.15, 0.2) is 212 Å². The van der Waals surface area contributed by atoms with E-state index in [1.165, 1.54) is 71.9 Å². The molecule has 2 heterocycles. The van der Waals surface area contributed by atoms with Crippen molar-refractivity contribution in [1.29, 1.82) is 0 Å². The first-order chi connectivity index (χ1) is 29.3. The largest absolute Gasteiger partial charge is 0.310 e. The van der Waals surface area contributed by atoms with Crippen LogP contribution in [-0.2, 0) is 0 Å². The van der Waals surface area contributed by atoms with Crippen molar-refractivity contribution in [3.05, 3.63) is 218 Å². The first-order valence-corrected chi connectivity index (χ1v) is 20.8. The number of aromatic nitrogens is 2. The molecule has 7 aromatic carbocycles. The van der Waals surface area contributed by atoms with Gasteiger partial charge in [-0.15, -0.1) is 0 Å². The molecule has 0 atom stereocenters. The third-order valence-electron chi connectivity index (χ3n) is 12.0. The van der Waals surface area contributed by atoms with Gasteiger partial charge in [0.05, 0.1) is 22.2 Å². The average molecular weight is 758 g/mol. The number of fused-ring (bicyclic) bond motifs is 4. The zero-order valence-corrected chi connectivity index (χ0v) is 32.9. The van der Waals surface area contributed by atoms with E-state index in [0.717, 1.165) is 48.4 Å². The second-order valence-electron chi connectivity index (χ2n) is 15.5. The van der Waals surface area contributed by atoms with Crippen LogP contribution in [0, 0.1) is 0 Å². The van der Waals surface area contributed by atoms with E-state index in [9.17, 15) is 0 Å². The van der Waals surface area contributed by atoms with Gasteiger partial charge in [0.25, 0.3) is 0 Å². The molecule has 2 aromatic heterocycles. The Labute approximate surface area is 345 Å². The van der Waals surface area contributed by atoms with Gasteiger partial charge in [-0.2, -0.15) is 0 Å². The molecule has 2 aliphatic rings. The van der Waals surface area contributed by atoms with Gasteiger partial charge in [0.1, 0.15) is 0 Å². The third-order valence-corrected chi connectivity index (χ3v) is 12.0. The lowest BCUT2D eigenvalue weighted by molar-refractivity contribution is 1.01. The second-order valence-corrected chi connectivity index (χ2v) is 15.5. The van der Waals surface area contributed by atoms with Gasteiger partial charge in [0, 0.05) is 50.2 Å². The predicted molar refractivity (Wildman–Crippen MR) is 251 cm³/mol. The van der Waals surface area contributed by atoms with E-state index in [1.54, 1.807) is 0 Å². The molecular weight excluding hydrogens is 715 g/mol. The summed E-state index contributed by atoms with van der Waals surface area (Å²) < 4.78 is 4.88. The molecule has 0 saturated carbocycles. The van der Waals surface area contributed by atoms with Gasteiger partial charge in [-0.3, -0.25) is 0 Å². The summed E-state index contributed by atoms with van der Waals surface area (Å²) in [7, 11) is 0. The fourth-order valence-electron chi connectivity index (χ4n) is 9.29. The number of nitrogens with zero attached hydrogens (tertiary/aromatic N) is 3. The fraction of sp³-hybridized carbons (Fsp3) is 0.0714. The first-order valence-electron chi connectivity index (χ1n) is 20.8. The summed E-state index contributed by atoms with van der Waals surface area (Å²) in [5, 5.41) is 3.76. The highest BCUT2D eigenvalue weighted by Crippen LogP contribution is 2.45. The number of allylic oxidation sites excluding steroid dienone is 8. The van der Waals surface area contributed by atoms with E-state index < -0.39 is 0 Å². The Kier molecular flexibility index (Phi) is 8.78. The topological polar surface area (TPSA) is 13.1 Å². The summed E-state index contributed by atoms with van der Waals surface area (Å²) in [6, 6.07) is 64.2. The molecule has 0 fully saturated rings. The Morgan fingerprint density at radius 2 is 1.10 bits per heavy atom. The molecule has 3 heteroatoms. The molecule has 11 rings (SSSR count). The minimum atomic E-state index is 1.02. The molecule has 0 spiro atoms. The van der Waals surface area contributed by atoms with Crippen molar-refractivity contribution in [2.75, 3.05) is 4.90 Å². The number of anilines is 3. The van der Waals surface area contributed by atoms with Gasteiger partial charge in [0.15, 0.2) is 0 Å². The van der Waals surface area contributed by atoms with Crippen molar-refractivity contribution in [2.45, 2.75) is 25.7 Å². The maximum atomic E-state index is 2.51. The first kappa shape index (κ1) is 34.9. The van der Waals surface area contributed by atoms with Crippen LogP contribution in [-0.4, -0.2) is 9.13 Å². The Balaban J connectivity index is 1.04. The molecule has 0 aliphatic heterocycles. The summed E-state index contributed by atoms with van der Waals surface area (Å²) in [4.78, 5) is 2.37. The highest BCUT2D eigenvalue weighted by molar-refractivity contribution is 6.11. The summed E-state index contributed by atoms with van der Waals surface area (Å²) in [6.45, 7) is 0. The Bertz CT molecular complexity index is 3120. The Morgan fingerprint density at radius 3 is 1.86 bits per heavy atom. The van der Waals surface area contributed by atoms with E-state index in [1.807, 2.05) is 0 Å². The Morgan fingerprint density at radius 1 is 0.441 bits per heavy atom. The van der Waals surface area contributed by atoms with E-state index >= 15 is 0 Å². The van der Waals surface area contributed by atoms with Crippen molar-refractivity contribution >= 4 is 61.0 Å². The molecule has 0 radical (unpaired) electrons. The van der Waals surface area contributed by atoms with Gasteiger partial charge >= 0.3 is 0 Å². The average Bonchev–Trinajstić information content (AvgIpc) is 3.84. The van der Waals surface area contributed by atoms with Crippen molar-refractivity contribution in [3.8, 4) is 28.1 Å². The quantitative estimate of drug-likeness (QED) is 0.150. The maximum absolute atomic E-state index is 2.51. The monoisotopic (exact) mass is 757 g/mol. The van der Waals surface area contributed by atoms with E-state index in [0.29, 0.717) is 0 Å². The van der Waals surface area contributed by atoms with Crippen LogP contribution in [0.2, 0.25) is 0 Å². The van der Waals surface area contributed by atoms with Gasteiger partial charge in [-0.25, -0.2) is 0 Å². The summed E-state index contributed by atoms with van der Waals surface area (Å²) in [5.74, 6) is 0. The van der Waals surface area contributed by atoms with E-state index in [-0.39, 0.29) is 0 Å². The maximum Gasteiger partial charge on any atom is 0.0616 e. The van der Waals surface area contributed by atoms with Crippen LogP contribution in [0.5, 0.6) is 0 Å². The molecule has 2 aliphatic carbocycles. The van der Waals surface area contributed by atoms with Crippen molar-refractivity contribution < 1.29 is 0 Å². The molecular formula is C56H43N3. The molecule has 59 heavy (non-hydrogen) atoms. The number of hydrogen-bond acceptors (Lipinski definition) is 1. The zero-order valence-electron chi connectivity index (χ0n) is 32.9. The molecule has 3 nitrogen and oxygen atoms in total. The fourth-order valence-corrected chi connectivity index (χ4v) is 9.29. The van der Waals surface area contributed by atoms with Crippen molar-refractivity contribution in [2.24, 2.45) is 0 Å². The minimum Gasteiger partial charge on any atom is -0.310 e. The van der Waals surface area contributed by atoms with Crippen molar-refractivity contribution in [3.63, 3.8) is 0 Å². The van der Waals surface area contributed by atoms with Crippen LogP contribution < -0.4 is 4.90 Å². The minimum absolute atomic E-state index is 1.02. The lowest BCUT2D eigenvalue weighted by atomic mass is 9.91. The normalized spacial score (nSPS) is 13.9. The van der Waals surface area contributed by atoms with E-state index in [2.05, 4.69) is 226 Å². The molecule has 0 saturated heterocycles. The van der Waals surface area contributed by atoms with Crippen LogP contribution in [0.4, 0.5) is 17.1 Å². The van der Waals surface area contributed by atoms with Gasteiger partial charge in [-0.05, 0) is 127 Å². The lowest BCUT2D eigenvalue weighted by Crippen LogP contribution is -2.09. The number of rotatable bonds is 8.